The van der Waals surface area contributed by atoms with Gasteiger partial charge in [0.2, 0.25) is 11.9 Å². The molecule has 1 aromatic rings. The predicted octanol–water partition coefficient (Wildman–Crippen LogP) is 1.14. The summed E-state index contributed by atoms with van der Waals surface area (Å²) < 4.78 is 0. The van der Waals surface area contributed by atoms with Gasteiger partial charge >= 0.3 is 6.09 Å². The lowest BCUT2D eigenvalue weighted by Gasteiger charge is -2.11. The second kappa shape index (κ2) is 5.87. The number of hydrogen-bond donors (Lipinski definition) is 2. The van der Waals surface area contributed by atoms with Crippen molar-refractivity contribution in [3.63, 3.8) is 0 Å². The summed E-state index contributed by atoms with van der Waals surface area (Å²) in [7, 11) is 0. The zero-order valence-electron chi connectivity index (χ0n) is 10.4. The van der Waals surface area contributed by atoms with E-state index in [1.165, 1.54) is 0 Å². The van der Waals surface area contributed by atoms with Crippen LogP contribution in [0.25, 0.3) is 0 Å². The van der Waals surface area contributed by atoms with Crippen LogP contribution in [0.5, 0.6) is 0 Å². The number of carboxylic acid groups (broad SMARTS) is 1. The molecule has 0 aromatic carbocycles. The first-order valence-electron chi connectivity index (χ1n) is 5.73. The molecule has 2 N–H and O–H groups in total. The van der Waals surface area contributed by atoms with Crippen LogP contribution in [-0.4, -0.2) is 51.3 Å². The van der Waals surface area contributed by atoms with E-state index in [0.29, 0.717) is 12.5 Å². The topological polar surface area (TPSA) is 95.4 Å². The van der Waals surface area contributed by atoms with Gasteiger partial charge in [0.05, 0.1) is 0 Å². The summed E-state index contributed by atoms with van der Waals surface area (Å²) in [6, 6.07) is 0. The molecule has 1 aromatic heterocycles. The number of imide groups is 1. The van der Waals surface area contributed by atoms with E-state index in [1.807, 2.05) is 6.26 Å². The molecule has 1 saturated heterocycles. The van der Waals surface area contributed by atoms with E-state index in [-0.39, 0.29) is 24.8 Å². The molecule has 2 heterocycles. The summed E-state index contributed by atoms with van der Waals surface area (Å²) in [6.45, 7) is 0.707. The molecular weight excluding hydrogens is 268 g/mol. The van der Waals surface area contributed by atoms with Crippen molar-refractivity contribution in [1.29, 1.82) is 0 Å². The molecule has 2 amide bonds. The second-order valence-electron chi connectivity index (χ2n) is 4.18. The molecule has 1 fully saturated rings. The average Bonchev–Trinajstić information content (AvgIpc) is 2.78. The molecule has 1 unspecified atom stereocenters. The Balaban J connectivity index is 1.86. The number of carbonyl (C=O) groups is 2. The van der Waals surface area contributed by atoms with Gasteiger partial charge in [-0.3, -0.25) is 4.79 Å². The Hall–Kier alpha value is -1.83. The standard InChI is InChI=1S/C11H14N4O3S/c1-19-8-4-13-10(14-5-8)12-3-7-2-9(16)15(6-7)11(17)18/h4-5,7H,2-3,6H2,1H3,(H,17,18)(H,12,13,14). The Morgan fingerprint density at radius 1 is 1.58 bits per heavy atom. The Morgan fingerprint density at radius 2 is 2.26 bits per heavy atom. The number of likely N-dealkylation sites (tertiary alicyclic amines) is 1. The molecule has 0 spiro atoms. The fourth-order valence-corrected chi connectivity index (χ4v) is 2.17. The maximum atomic E-state index is 11.4. The zero-order valence-corrected chi connectivity index (χ0v) is 11.2. The minimum atomic E-state index is -1.19. The Labute approximate surface area is 114 Å². The summed E-state index contributed by atoms with van der Waals surface area (Å²) in [6.07, 6.45) is 4.42. The van der Waals surface area contributed by atoms with Crippen molar-refractivity contribution in [3.05, 3.63) is 12.4 Å². The lowest BCUT2D eigenvalue weighted by molar-refractivity contribution is -0.125. The Morgan fingerprint density at radius 3 is 2.79 bits per heavy atom. The second-order valence-corrected chi connectivity index (χ2v) is 5.06. The van der Waals surface area contributed by atoms with Crippen LogP contribution >= 0.6 is 11.8 Å². The molecule has 2 rings (SSSR count). The first-order valence-corrected chi connectivity index (χ1v) is 6.96. The van der Waals surface area contributed by atoms with Gasteiger partial charge in [-0.15, -0.1) is 11.8 Å². The minimum Gasteiger partial charge on any atom is -0.465 e. The predicted molar refractivity (Wildman–Crippen MR) is 70.1 cm³/mol. The molecule has 102 valence electrons. The largest absolute Gasteiger partial charge is 0.465 e. The maximum absolute atomic E-state index is 11.4. The van der Waals surface area contributed by atoms with Crippen LogP contribution < -0.4 is 5.32 Å². The molecule has 19 heavy (non-hydrogen) atoms. The molecule has 0 radical (unpaired) electrons. The van der Waals surface area contributed by atoms with Crippen LogP contribution in [0.2, 0.25) is 0 Å². The highest BCUT2D eigenvalue weighted by atomic mass is 32.2. The highest BCUT2D eigenvalue weighted by Gasteiger charge is 2.33. The first-order chi connectivity index (χ1) is 9.10. The van der Waals surface area contributed by atoms with Crippen LogP contribution in [-0.2, 0) is 4.79 Å². The SMILES string of the molecule is CSc1cnc(NCC2CC(=O)N(C(=O)O)C2)nc1. The van der Waals surface area contributed by atoms with Gasteiger partial charge in [-0.2, -0.15) is 0 Å². The lowest BCUT2D eigenvalue weighted by Crippen LogP contribution is -2.31. The van der Waals surface area contributed by atoms with E-state index in [0.717, 1.165) is 9.80 Å². The molecule has 1 aliphatic heterocycles. The summed E-state index contributed by atoms with van der Waals surface area (Å²) in [5.41, 5.74) is 0. The molecule has 0 aliphatic carbocycles. The number of nitrogens with one attached hydrogen (secondary N) is 1. The third-order valence-electron chi connectivity index (χ3n) is 2.85. The zero-order chi connectivity index (χ0) is 13.8. The maximum Gasteiger partial charge on any atom is 0.414 e. The molecule has 0 bridgehead atoms. The van der Waals surface area contributed by atoms with Gasteiger partial charge in [0.1, 0.15) is 0 Å². The van der Waals surface area contributed by atoms with E-state index in [1.54, 1.807) is 24.2 Å². The molecule has 1 atom stereocenters. The number of hydrogen-bond acceptors (Lipinski definition) is 6. The lowest BCUT2D eigenvalue weighted by atomic mass is 10.1. The highest BCUT2D eigenvalue weighted by Crippen LogP contribution is 2.18. The van der Waals surface area contributed by atoms with Crippen LogP contribution in [0.15, 0.2) is 17.3 Å². The number of amides is 2. The van der Waals surface area contributed by atoms with E-state index >= 15 is 0 Å². The molecule has 8 heteroatoms. The summed E-state index contributed by atoms with van der Waals surface area (Å²) in [5.74, 6) is 0.101. The van der Waals surface area contributed by atoms with Crippen molar-refractivity contribution < 1.29 is 14.7 Å². The Bertz CT molecular complexity index is 479. The number of carbonyl (C=O) groups excluding carboxylic acids is 1. The van der Waals surface area contributed by atoms with Crippen LogP contribution in [0.4, 0.5) is 10.7 Å². The van der Waals surface area contributed by atoms with Crippen LogP contribution in [0, 0.1) is 5.92 Å². The smallest absolute Gasteiger partial charge is 0.414 e. The van der Waals surface area contributed by atoms with Crippen LogP contribution in [0.1, 0.15) is 6.42 Å². The van der Waals surface area contributed by atoms with Gasteiger partial charge in [0.15, 0.2) is 0 Å². The fraction of sp³-hybridized carbons (Fsp3) is 0.455. The minimum absolute atomic E-state index is 0.0348. The fourth-order valence-electron chi connectivity index (χ4n) is 1.85. The molecule has 7 nitrogen and oxygen atoms in total. The van der Waals surface area contributed by atoms with E-state index in [2.05, 4.69) is 15.3 Å². The number of aromatic nitrogens is 2. The molecular formula is C11H14N4O3S. The number of anilines is 1. The van der Waals surface area contributed by atoms with Gasteiger partial charge < -0.3 is 10.4 Å². The van der Waals surface area contributed by atoms with Crippen molar-refractivity contribution in [2.75, 3.05) is 24.7 Å². The number of thioether (sulfide) groups is 1. The number of rotatable bonds is 4. The van der Waals surface area contributed by atoms with E-state index < -0.39 is 6.09 Å². The van der Waals surface area contributed by atoms with Gasteiger partial charge in [-0.25, -0.2) is 19.7 Å². The third-order valence-corrected chi connectivity index (χ3v) is 3.53. The van der Waals surface area contributed by atoms with Gasteiger partial charge in [-0.1, -0.05) is 0 Å². The van der Waals surface area contributed by atoms with E-state index in [4.69, 9.17) is 5.11 Å². The average molecular weight is 282 g/mol. The summed E-state index contributed by atoms with van der Waals surface area (Å²) in [4.78, 5) is 32.2. The Kier molecular flexibility index (Phi) is 4.20. The quantitative estimate of drug-likeness (QED) is 0.799. The summed E-state index contributed by atoms with van der Waals surface area (Å²) >= 11 is 1.56. The monoisotopic (exact) mass is 282 g/mol. The van der Waals surface area contributed by atoms with Gasteiger partial charge in [0, 0.05) is 42.7 Å². The van der Waals surface area contributed by atoms with Crippen molar-refractivity contribution >= 4 is 29.7 Å². The van der Waals surface area contributed by atoms with Gasteiger partial charge in [-0.05, 0) is 6.26 Å². The first kappa shape index (κ1) is 13.6. The molecule has 1 aliphatic rings. The van der Waals surface area contributed by atoms with Crippen molar-refractivity contribution in [3.8, 4) is 0 Å². The summed E-state index contributed by atoms with van der Waals surface area (Å²) in [5, 5.41) is 11.8. The molecule has 0 saturated carbocycles. The van der Waals surface area contributed by atoms with Crippen molar-refractivity contribution in [2.24, 2.45) is 5.92 Å². The highest BCUT2D eigenvalue weighted by molar-refractivity contribution is 7.98. The third kappa shape index (κ3) is 3.34. The van der Waals surface area contributed by atoms with Crippen molar-refractivity contribution in [1.82, 2.24) is 14.9 Å². The van der Waals surface area contributed by atoms with Crippen LogP contribution in [0.3, 0.4) is 0 Å². The number of nitrogens with zero attached hydrogens (tertiary/aromatic N) is 3. The van der Waals surface area contributed by atoms with Crippen molar-refractivity contribution in [2.45, 2.75) is 11.3 Å². The van der Waals surface area contributed by atoms with E-state index in [9.17, 15) is 9.59 Å². The normalized spacial score (nSPS) is 18.7. The van der Waals surface area contributed by atoms with Gasteiger partial charge in [0.25, 0.3) is 0 Å².